The average Bonchev–Trinajstić information content (AvgIpc) is 2.52. The number of nitrogens with zero attached hydrogens (tertiary/aromatic N) is 1. The Labute approximate surface area is 124 Å². The predicted molar refractivity (Wildman–Crippen MR) is 82.2 cm³/mol. The number of ether oxygens (including phenoxy) is 1. The van der Waals surface area contributed by atoms with Crippen LogP contribution in [0.2, 0.25) is 0 Å². The summed E-state index contributed by atoms with van der Waals surface area (Å²) in [4.78, 5) is 0. The molecule has 2 N–H and O–H groups in total. The summed E-state index contributed by atoms with van der Waals surface area (Å²) in [7, 11) is 0. The summed E-state index contributed by atoms with van der Waals surface area (Å²) in [6.07, 6.45) is 1.25. The lowest BCUT2D eigenvalue weighted by atomic mass is 10.2. The normalized spacial score (nSPS) is 9.86. The van der Waals surface area contributed by atoms with Gasteiger partial charge in [0.05, 0.1) is 12.7 Å². The van der Waals surface area contributed by atoms with Crippen molar-refractivity contribution in [1.29, 1.82) is 5.26 Å². The Hall–Kier alpha value is -2.67. The molecule has 2 aromatic rings. The SMILES string of the molecule is N#CCCCOc1cccc(NCc2ccc(O)cc2)c1. The van der Waals surface area contributed by atoms with Crippen LogP contribution in [0.15, 0.2) is 48.5 Å². The van der Waals surface area contributed by atoms with Gasteiger partial charge in [0.1, 0.15) is 11.5 Å². The Morgan fingerprint density at radius 3 is 2.71 bits per heavy atom. The highest BCUT2D eigenvalue weighted by atomic mass is 16.5. The van der Waals surface area contributed by atoms with Crippen LogP contribution in [-0.4, -0.2) is 11.7 Å². The van der Waals surface area contributed by atoms with Gasteiger partial charge in [-0.2, -0.15) is 5.26 Å². The van der Waals surface area contributed by atoms with Gasteiger partial charge in [-0.3, -0.25) is 0 Å². The second-order valence-electron chi connectivity index (χ2n) is 4.66. The first-order chi connectivity index (χ1) is 10.3. The van der Waals surface area contributed by atoms with E-state index in [2.05, 4.69) is 11.4 Å². The Bertz CT molecular complexity index is 603. The number of nitrogens with one attached hydrogen (secondary N) is 1. The Balaban J connectivity index is 1.86. The monoisotopic (exact) mass is 282 g/mol. The largest absolute Gasteiger partial charge is 0.508 e. The van der Waals surface area contributed by atoms with Crippen LogP contribution in [0.25, 0.3) is 0 Å². The highest BCUT2D eigenvalue weighted by Gasteiger charge is 1.98. The minimum Gasteiger partial charge on any atom is -0.508 e. The third kappa shape index (κ3) is 5.07. The van der Waals surface area contributed by atoms with Crippen LogP contribution in [0.1, 0.15) is 18.4 Å². The number of hydrogen-bond acceptors (Lipinski definition) is 4. The summed E-state index contributed by atoms with van der Waals surface area (Å²) in [6.45, 7) is 1.23. The van der Waals surface area contributed by atoms with Crippen LogP contribution in [0.3, 0.4) is 0 Å². The van der Waals surface area contributed by atoms with Crippen molar-refractivity contribution in [1.82, 2.24) is 0 Å². The zero-order valence-corrected chi connectivity index (χ0v) is 11.7. The second kappa shape index (κ2) is 7.81. The first-order valence-corrected chi connectivity index (χ1v) is 6.89. The van der Waals surface area contributed by atoms with Gasteiger partial charge in [-0.1, -0.05) is 18.2 Å². The molecule has 0 aliphatic heterocycles. The molecule has 4 nitrogen and oxygen atoms in total. The van der Waals surface area contributed by atoms with Crippen molar-refractivity contribution in [3.05, 3.63) is 54.1 Å². The second-order valence-corrected chi connectivity index (χ2v) is 4.66. The van der Waals surface area contributed by atoms with E-state index in [1.54, 1.807) is 12.1 Å². The zero-order chi connectivity index (χ0) is 14.9. The lowest BCUT2D eigenvalue weighted by Crippen LogP contribution is -2.00. The van der Waals surface area contributed by atoms with Crippen LogP contribution in [0.4, 0.5) is 5.69 Å². The van der Waals surface area contributed by atoms with Gasteiger partial charge in [0, 0.05) is 24.7 Å². The molecule has 0 spiro atoms. The van der Waals surface area contributed by atoms with Crippen LogP contribution in [0.5, 0.6) is 11.5 Å². The maximum Gasteiger partial charge on any atom is 0.121 e. The number of unbranched alkanes of at least 4 members (excludes halogenated alkanes) is 1. The Morgan fingerprint density at radius 2 is 1.95 bits per heavy atom. The number of rotatable bonds is 7. The van der Waals surface area contributed by atoms with E-state index in [9.17, 15) is 5.11 Å². The molecule has 0 radical (unpaired) electrons. The number of nitriles is 1. The van der Waals surface area contributed by atoms with E-state index in [-0.39, 0.29) is 5.75 Å². The van der Waals surface area contributed by atoms with E-state index in [0.717, 1.165) is 23.4 Å². The van der Waals surface area contributed by atoms with Crippen LogP contribution in [-0.2, 0) is 6.54 Å². The fourth-order valence-electron chi connectivity index (χ4n) is 1.86. The van der Waals surface area contributed by atoms with Crippen molar-refractivity contribution in [2.45, 2.75) is 19.4 Å². The summed E-state index contributed by atoms with van der Waals surface area (Å²) in [6, 6.07) is 16.9. The van der Waals surface area contributed by atoms with Crippen LogP contribution in [0, 0.1) is 11.3 Å². The topological polar surface area (TPSA) is 65.3 Å². The summed E-state index contributed by atoms with van der Waals surface area (Å²) < 4.78 is 5.59. The summed E-state index contributed by atoms with van der Waals surface area (Å²) >= 11 is 0. The molecule has 0 fully saturated rings. The first-order valence-electron chi connectivity index (χ1n) is 6.89. The third-order valence-corrected chi connectivity index (χ3v) is 2.97. The van der Waals surface area contributed by atoms with Crippen molar-refractivity contribution in [2.75, 3.05) is 11.9 Å². The number of phenols is 1. The van der Waals surface area contributed by atoms with E-state index in [4.69, 9.17) is 10.00 Å². The minimum atomic E-state index is 0.270. The van der Waals surface area contributed by atoms with E-state index < -0.39 is 0 Å². The maximum absolute atomic E-state index is 9.24. The van der Waals surface area contributed by atoms with E-state index in [1.165, 1.54) is 0 Å². The molecule has 2 rings (SSSR count). The highest BCUT2D eigenvalue weighted by molar-refractivity contribution is 5.48. The Kier molecular flexibility index (Phi) is 5.48. The molecule has 4 heteroatoms. The van der Waals surface area contributed by atoms with E-state index >= 15 is 0 Å². The first kappa shape index (κ1) is 14.7. The van der Waals surface area contributed by atoms with Gasteiger partial charge in [0.25, 0.3) is 0 Å². The van der Waals surface area contributed by atoms with Crippen molar-refractivity contribution < 1.29 is 9.84 Å². The van der Waals surface area contributed by atoms with Gasteiger partial charge in [0.2, 0.25) is 0 Å². The fourth-order valence-corrected chi connectivity index (χ4v) is 1.86. The fraction of sp³-hybridized carbons (Fsp3) is 0.235. The molecule has 2 aromatic carbocycles. The van der Waals surface area contributed by atoms with E-state index in [0.29, 0.717) is 19.6 Å². The van der Waals surface area contributed by atoms with Crippen LogP contribution >= 0.6 is 0 Å². The summed E-state index contributed by atoms with van der Waals surface area (Å²) in [5.41, 5.74) is 2.06. The molecule has 0 aromatic heterocycles. The standard InChI is InChI=1S/C17H18N2O2/c18-10-1-2-11-21-17-5-3-4-15(12-17)19-13-14-6-8-16(20)9-7-14/h3-9,12,19-20H,1-2,11,13H2. The smallest absolute Gasteiger partial charge is 0.121 e. The minimum absolute atomic E-state index is 0.270. The van der Waals surface area contributed by atoms with Crippen molar-refractivity contribution >= 4 is 5.69 Å². The molecule has 0 aliphatic rings. The molecular formula is C17H18N2O2. The summed E-state index contributed by atoms with van der Waals surface area (Å²) in [5.74, 6) is 1.06. The van der Waals surface area contributed by atoms with Crippen molar-refractivity contribution in [2.24, 2.45) is 0 Å². The quantitative estimate of drug-likeness (QED) is 0.760. The molecule has 0 saturated carbocycles. The molecule has 0 unspecified atom stereocenters. The number of anilines is 1. The lowest BCUT2D eigenvalue weighted by molar-refractivity contribution is 0.313. The number of hydrogen-bond donors (Lipinski definition) is 2. The van der Waals surface area contributed by atoms with Gasteiger partial charge in [0.15, 0.2) is 0 Å². The predicted octanol–water partition coefficient (Wildman–Crippen LogP) is 3.69. The van der Waals surface area contributed by atoms with Crippen molar-refractivity contribution in [3.63, 3.8) is 0 Å². The summed E-state index contributed by atoms with van der Waals surface area (Å²) in [5, 5.41) is 21.0. The third-order valence-electron chi connectivity index (χ3n) is 2.97. The van der Waals surface area contributed by atoms with Crippen molar-refractivity contribution in [3.8, 4) is 17.6 Å². The lowest BCUT2D eigenvalue weighted by Gasteiger charge is -2.09. The average molecular weight is 282 g/mol. The van der Waals surface area contributed by atoms with Gasteiger partial charge in [-0.25, -0.2) is 0 Å². The van der Waals surface area contributed by atoms with Crippen LogP contribution < -0.4 is 10.1 Å². The molecule has 0 saturated heterocycles. The van der Waals surface area contributed by atoms with E-state index in [1.807, 2.05) is 36.4 Å². The maximum atomic E-state index is 9.24. The molecule has 0 amide bonds. The number of aromatic hydroxyl groups is 1. The number of phenolic OH excluding ortho intramolecular Hbond substituents is 1. The zero-order valence-electron chi connectivity index (χ0n) is 11.7. The molecule has 0 bridgehead atoms. The number of benzene rings is 2. The Morgan fingerprint density at radius 1 is 1.14 bits per heavy atom. The molecule has 0 atom stereocenters. The van der Waals surface area contributed by atoms with Gasteiger partial charge in [-0.15, -0.1) is 0 Å². The highest BCUT2D eigenvalue weighted by Crippen LogP contribution is 2.19. The molecular weight excluding hydrogens is 264 g/mol. The molecule has 21 heavy (non-hydrogen) atoms. The van der Waals surface area contributed by atoms with Gasteiger partial charge < -0.3 is 15.2 Å². The van der Waals surface area contributed by atoms with Gasteiger partial charge in [-0.05, 0) is 36.2 Å². The molecule has 108 valence electrons. The molecule has 0 aliphatic carbocycles. The molecule has 0 heterocycles. The van der Waals surface area contributed by atoms with Gasteiger partial charge >= 0.3 is 0 Å².